The van der Waals surface area contributed by atoms with E-state index in [0.717, 1.165) is 4.90 Å². The maximum absolute atomic E-state index is 13.8. The summed E-state index contributed by atoms with van der Waals surface area (Å²) in [5, 5.41) is 15.9. The Bertz CT molecular complexity index is 1160. The van der Waals surface area contributed by atoms with Crippen molar-refractivity contribution in [1.29, 1.82) is 0 Å². The summed E-state index contributed by atoms with van der Waals surface area (Å²) in [4.78, 5) is 65.6. The number of methoxy groups -OCH3 is 3. The molecule has 4 unspecified atom stereocenters. The molecule has 2 saturated heterocycles. The van der Waals surface area contributed by atoms with Crippen molar-refractivity contribution in [2.24, 2.45) is 17.6 Å². The number of imide groups is 1. The molecule has 1 aromatic rings. The SMILES string of the molecule is COC(=O)c1c(OC)cc(OC)cc1C1NC(CCCNC(N)=O)(C(=O)O)C2C(=O)N(C(C)(C)C)C(=O)C12. The highest BCUT2D eigenvalue weighted by Crippen LogP contribution is 2.53. The first-order chi connectivity index (χ1) is 17.7. The van der Waals surface area contributed by atoms with Gasteiger partial charge in [-0.05, 0) is 45.2 Å². The fraction of sp³-hybridized carbons (Fsp3) is 0.560. The third kappa shape index (κ3) is 4.73. The molecule has 5 N–H and O–H groups in total. The minimum atomic E-state index is -1.90. The fourth-order valence-corrected chi connectivity index (χ4v) is 5.50. The van der Waals surface area contributed by atoms with Crippen LogP contribution in [0.2, 0.25) is 0 Å². The number of fused-ring (bicyclic) bond motifs is 1. The van der Waals surface area contributed by atoms with Crippen LogP contribution in [0.4, 0.5) is 4.79 Å². The number of carbonyl (C=O) groups excluding carboxylic acids is 4. The predicted octanol–water partition coefficient (Wildman–Crippen LogP) is 0.806. The first-order valence-corrected chi connectivity index (χ1v) is 12.0. The van der Waals surface area contributed by atoms with Gasteiger partial charge in [-0.2, -0.15) is 0 Å². The third-order valence-electron chi connectivity index (χ3n) is 7.04. The first kappa shape index (κ1) is 28.7. The highest BCUT2D eigenvalue weighted by atomic mass is 16.5. The number of esters is 1. The van der Waals surface area contributed by atoms with Crippen LogP contribution in [0.3, 0.4) is 0 Å². The predicted molar refractivity (Wildman–Crippen MR) is 133 cm³/mol. The van der Waals surface area contributed by atoms with Gasteiger partial charge in [0.15, 0.2) is 0 Å². The summed E-state index contributed by atoms with van der Waals surface area (Å²) in [6.45, 7) is 5.10. The molecular formula is C25H34N4O9. The molecule has 0 radical (unpaired) electrons. The number of nitrogens with one attached hydrogen (secondary N) is 2. The van der Waals surface area contributed by atoms with E-state index in [9.17, 15) is 29.1 Å². The van der Waals surface area contributed by atoms with Gasteiger partial charge in [0.05, 0.1) is 33.2 Å². The van der Waals surface area contributed by atoms with Gasteiger partial charge in [0, 0.05) is 24.2 Å². The van der Waals surface area contributed by atoms with Gasteiger partial charge < -0.3 is 30.4 Å². The Kier molecular flexibility index (Phi) is 7.91. The Labute approximate surface area is 219 Å². The van der Waals surface area contributed by atoms with Crippen molar-refractivity contribution in [3.63, 3.8) is 0 Å². The van der Waals surface area contributed by atoms with E-state index in [0.29, 0.717) is 0 Å². The highest BCUT2D eigenvalue weighted by molar-refractivity contribution is 6.10. The molecule has 2 heterocycles. The average Bonchev–Trinajstić information content (AvgIpc) is 3.34. The van der Waals surface area contributed by atoms with Crippen LogP contribution in [0.5, 0.6) is 11.5 Å². The number of aliphatic carboxylic acids is 1. The Morgan fingerprint density at radius 2 is 1.79 bits per heavy atom. The number of amides is 4. The van der Waals surface area contributed by atoms with E-state index in [1.807, 2.05) is 0 Å². The van der Waals surface area contributed by atoms with Crippen molar-refractivity contribution < 1.29 is 43.3 Å². The third-order valence-corrected chi connectivity index (χ3v) is 7.04. The Hall–Kier alpha value is -3.87. The number of primary amides is 1. The molecule has 3 rings (SSSR count). The number of rotatable bonds is 9. The van der Waals surface area contributed by atoms with Crippen molar-refractivity contribution in [2.45, 2.75) is 50.7 Å². The maximum atomic E-state index is 13.8. The lowest BCUT2D eigenvalue weighted by Crippen LogP contribution is -2.57. The minimum Gasteiger partial charge on any atom is -0.497 e. The van der Waals surface area contributed by atoms with Crippen LogP contribution in [0, 0.1) is 11.8 Å². The van der Waals surface area contributed by atoms with Gasteiger partial charge in [-0.3, -0.25) is 24.6 Å². The van der Waals surface area contributed by atoms with Crippen molar-refractivity contribution in [2.75, 3.05) is 27.9 Å². The molecule has 0 aliphatic carbocycles. The summed E-state index contributed by atoms with van der Waals surface area (Å²) in [5.74, 6) is -5.42. The van der Waals surface area contributed by atoms with E-state index in [1.54, 1.807) is 20.8 Å². The standard InChI is InChI=1S/C25H34N4O9/c1-24(2,3)29-19(30)16-17(20(29)31)25(22(33)34,8-7-9-27-23(26)35)28-18(16)13-10-12(36-4)11-14(37-5)15(13)21(32)38-6/h10-11,16-18,28H,7-9H2,1-6H3,(H,33,34)(H3,26,27,35). The second-order valence-corrected chi connectivity index (χ2v) is 10.3. The second kappa shape index (κ2) is 10.5. The first-order valence-electron chi connectivity index (χ1n) is 12.0. The zero-order valence-corrected chi connectivity index (χ0v) is 22.2. The normalized spacial score (nSPS) is 24.7. The number of hydrogen-bond acceptors (Lipinski definition) is 9. The van der Waals surface area contributed by atoms with Gasteiger partial charge in [0.2, 0.25) is 11.8 Å². The molecule has 4 atom stereocenters. The summed E-state index contributed by atoms with van der Waals surface area (Å²) in [5.41, 5.74) is 2.46. The van der Waals surface area contributed by atoms with Crippen LogP contribution in [-0.4, -0.2) is 78.7 Å². The van der Waals surface area contributed by atoms with Gasteiger partial charge in [-0.15, -0.1) is 0 Å². The lowest BCUT2D eigenvalue weighted by Gasteiger charge is -2.35. The summed E-state index contributed by atoms with van der Waals surface area (Å²) >= 11 is 0. The van der Waals surface area contributed by atoms with Crippen LogP contribution in [0.1, 0.15) is 55.6 Å². The number of nitrogens with zero attached hydrogens (tertiary/aromatic N) is 1. The van der Waals surface area contributed by atoms with Crippen LogP contribution in [0.25, 0.3) is 0 Å². The zero-order chi connectivity index (χ0) is 28.6. The molecule has 0 spiro atoms. The number of nitrogens with two attached hydrogens (primary N) is 1. The Morgan fingerprint density at radius 1 is 1.13 bits per heavy atom. The lowest BCUT2D eigenvalue weighted by molar-refractivity contribution is -0.154. The molecule has 0 saturated carbocycles. The molecule has 4 amide bonds. The molecule has 13 nitrogen and oxygen atoms in total. The molecule has 13 heteroatoms. The molecule has 0 aromatic heterocycles. The molecule has 2 aliphatic heterocycles. The van der Waals surface area contributed by atoms with Crippen molar-refractivity contribution >= 4 is 29.8 Å². The van der Waals surface area contributed by atoms with Crippen molar-refractivity contribution in [3.05, 3.63) is 23.3 Å². The van der Waals surface area contributed by atoms with Gasteiger partial charge >= 0.3 is 18.0 Å². The van der Waals surface area contributed by atoms with Gasteiger partial charge in [-0.1, -0.05) is 0 Å². The fourth-order valence-electron chi connectivity index (χ4n) is 5.50. The van der Waals surface area contributed by atoms with Crippen LogP contribution < -0.4 is 25.8 Å². The van der Waals surface area contributed by atoms with Crippen LogP contribution >= 0.6 is 0 Å². The highest BCUT2D eigenvalue weighted by Gasteiger charge is 2.69. The molecular weight excluding hydrogens is 500 g/mol. The van der Waals surface area contributed by atoms with Crippen LogP contribution in [-0.2, 0) is 19.1 Å². The average molecular weight is 535 g/mol. The molecule has 0 bridgehead atoms. The van der Waals surface area contributed by atoms with E-state index in [-0.39, 0.29) is 42.0 Å². The molecule has 208 valence electrons. The number of likely N-dealkylation sites (tertiary alicyclic amines) is 1. The largest absolute Gasteiger partial charge is 0.497 e. The molecule has 2 aliphatic rings. The maximum Gasteiger partial charge on any atom is 0.341 e. The van der Waals surface area contributed by atoms with Gasteiger partial charge in [0.25, 0.3) is 0 Å². The number of urea groups is 1. The Morgan fingerprint density at radius 3 is 2.29 bits per heavy atom. The summed E-state index contributed by atoms with van der Waals surface area (Å²) in [7, 11) is 3.92. The molecule has 1 aromatic carbocycles. The smallest absolute Gasteiger partial charge is 0.341 e. The lowest BCUT2D eigenvalue weighted by atomic mass is 9.76. The van der Waals surface area contributed by atoms with E-state index in [4.69, 9.17) is 19.9 Å². The zero-order valence-electron chi connectivity index (χ0n) is 22.2. The van der Waals surface area contributed by atoms with Gasteiger partial charge in [-0.25, -0.2) is 9.59 Å². The number of benzene rings is 1. The molecule has 2 fully saturated rings. The topological polar surface area (TPSA) is 187 Å². The molecule has 38 heavy (non-hydrogen) atoms. The van der Waals surface area contributed by atoms with Crippen molar-refractivity contribution in [1.82, 2.24) is 15.5 Å². The van der Waals surface area contributed by atoms with E-state index < -0.39 is 58.7 Å². The minimum absolute atomic E-state index is 0.0295. The summed E-state index contributed by atoms with van der Waals surface area (Å²) in [6.07, 6.45) is 0.0202. The van der Waals surface area contributed by atoms with Crippen LogP contribution in [0.15, 0.2) is 12.1 Å². The number of carboxylic acids is 1. The van der Waals surface area contributed by atoms with Crippen molar-refractivity contribution in [3.8, 4) is 11.5 Å². The van der Waals surface area contributed by atoms with E-state index in [1.165, 1.54) is 33.5 Å². The number of carboxylic acid groups (broad SMARTS) is 1. The summed E-state index contributed by atoms with van der Waals surface area (Å²) in [6, 6.07) is 1.09. The van der Waals surface area contributed by atoms with E-state index >= 15 is 0 Å². The summed E-state index contributed by atoms with van der Waals surface area (Å²) < 4.78 is 15.7. The van der Waals surface area contributed by atoms with Gasteiger partial charge in [0.1, 0.15) is 22.6 Å². The monoisotopic (exact) mass is 534 g/mol. The number of carbonyl (C=O) groups is 5. The van der Waals surface area contributed by atoms with E-state index in [2.05, 4.69) is 10.6 Å². The Balaban J connectivity index is 2.26. The number of hydrogen-bond donors (Lipinski definition) is 4. The second-order valence-electron chi connectivity index (χ2n) is 10.3. The number of ether oxygens (including phenoxy) is 3. The quantitative estimate of drug-likeness (QED) is 0.201.